The molecule has 0 unspecified atom stereocenters. The summed E-state index contributed by atoms with van der Waals surface area (Å²) >= 11 is 5.89. The second-order valence-corrected chi connectivity index (χ2v) is 8.29. The Morgan fingerprint density at radius 2 is 1.44 bits per heavy atom. The zero-order valence-electron chi connectivity index (χ0n) is 20.6. The van der Waals surface area contributed by atoms with Gasteiger partial charge in [0.25, 0.3) is 5.91 Å². The van der Waals surface area contributed by atoms with Crippen LogP contribution < -0.4 is 25.4 Å². The van der Waals surface area contributed by atoms with Gasteiger partial charge in [-0.15, -0.1) is 0 Å². The van der Waals surface area contributed by atoms with Crippen molar-refractivity contribution in [1.29, 1.82) is 0 Å². The number of hydrogen-bond donors (Lipinski definition) is 3. The molecule has 0 spiro atoms. The molecular weight excluding hydrogens is 480 g/mol. The zero-order valence-corrected chi connectivity index (χ0v) is 21.4. The number of nitrogens with zero attached hydrogens (tertiary/aromatic N) is 1. The minimum Gasteiger partial charge on any atom is -0.496 e. The minimum absolute atomic E-state index is 0.226. The third-order valence-corrected chi connectivity index (χ3v) is 5.73. The van der Waals surface area contributed by atoms with Gasteiger partial charge in [0.1, 0.15) is 17.2 Å². The summed E-state index contributed by atoms with van der Waals surface area (Å²) in [6.45, 7) is 7.34. The van der Waals surface area contributed by atoms with Gasteiger partial charge in [-0.1, -0.05) is 25.4 Å². The van der Waals surface area contributed by atoms with Crippen LogP contribution in [0.1, 0.15) is 24.2 Å². The Bertz CT molecular complexity index is 1150. The molecule has 0 atom stereocenters. The van der Waals surface area contributed by atoms with Gasteiger partial charge < -0.3 is 30.3 Å². The number of ether oxygens (including phenoxy) is 2. The molecule has 8 nitrogen and oxygen atoms in total. The first kappa shape index (κ1) is 26.8. The maximum atomic E-state index is 12.6. The molecule has 0 bridgehead atoms. The molecular formula is C27H31ClN4O4. The fourth-order valence-electron chi connectivity index (χ4n) is 3.46. The van der Waals surface area contributed by atoms with Crippen molar-refractivity contribution >= 4 is 34.9 Å². The van der Waals surface area contributed by atoms with Gasteiger partial charge in [-0.3, -0.25) is 4.79 Å². The number of methoxy groups -OCH3 is 1. The van der Waals surface area contributed by atoms with Crippen molar-refractivity contribution in [3.05, 3.63) is 77.3 Å². The number of carbonyl (C=O) groups is 2. The lowest BCUT2D eigenvalue weighted by atomic mass is 10.1. The summed E-state index contributed by atoms with van der Waals surface area (Å²) in [5.74, 6) is 1.43. The molecule has 0 aliphatic carbocycles. The first-order valence-corrected chi connectivity index (χ1v) is 12.1. The molecule has 36 heavy (non-hydrogen) atoms. The van der Waals surface area contributed by atoms with Crippen molar-refractivity contribution in [3.8, 4) is 17.2 Å². The largest absolute Gasteiger partial charge is 0.496 e. The molecule has 0 radical (unpaired) electrons. The summed E-state index contributed by atoms with van der Waals surface area (Å²) in [4.78, 5) is 27.3. The lowest BCUT2D eigenvalue weighted by Crippen LogP contribution is -2.34. The van der Waals surface area contributed by atoms with E-state index in [0.717, 1.165) is 19.6 Å². The van der Waals surface area contributed by atoms with Crippen LogP contribution in [0.5, 0.6) is 17.2 Å². The second-order valence-electron chi connectivity index (χ2n) is 7.86. The van der Waals surface area contributed by atoms with E-state index in [1.165, 1.54) is 7.11 Å². The van der Waals surface area contributed by atoms with Gasteiger partial charge in [0.15, 0.2) is 0 Å². The molecule has 9 heteroatoms. The molecule has 190 valence electrons. The zero-order chi connectivity index (χ0) is 25.9. The third-order valence-electron chi connectivity index (χ3n) is 5.47. The highest BCUT2D eigenvalue weighted by Crippen LogP contribution is 2.25. The molecule has 0 saturated heterocycles. The van der Waals surface area contributed by atoms with Gasteiger partial charge in [-0.2, -0.15) is 0 Å². The number of rotatable bonds is 11. The van der Waals surface area contributed by atoms with E-state index in [1.54, 1.807) is 66.7 Å². The molecule has 3 N–H and O–H groups in total. The van der Waals surface area contributed by atoms with E-state index in [2.05, 4.69) is 34.7 Å². The van der Waals surface area contributed by atoms with Gasteiger partial charge in [0.05, 0.1) is 12.7 Å². The standard InChI is InChI=1S/C27H31ClN4O4/c1-4-32(5-2)17-16-29-26(33)24-15-10-21(18-25(24)35-3)31-27(34)30-20-8-13-23(14-9-20)36-22-11-6-19(28)7-12-22/h6-15,18H,4-5,16-17H2,1-3H3,(H,29,33)(H2,30,31,34). The number of halogens is 1. The Morgan fingerprint density at radius 3 is 2.06 bits per heavy atom. The first-order valence-electron chi connectivity index (χ1n) is 11.7. The highest BCUT2D eigenvalue weighted by molar-refractivity contribution is 6.30. The maximum Gasteiger partial charge on any atom is 0.323 e. The van der Waals surface area contributed by atoms with Crippen molar-refractivity contribution in [2.45, 2.75) is 13.8 Å². The summed E-state index contributed by atoms with van der Waals surface area (Å²) in [5, 5.41) is 9.06. The Hall–Kier alpha value is -3.75. The number of anilines is 2. The van der Waals surface area contributed by atoms with E-state index >= 15 is 0 Å². The summed E-state index contributed by atoms with van der Waals surface area (Å²) in [6.07, 6.45) is 0. The summed E-state index contributed by atoms with van der Waals surface area (Å²) in [7, 11) is 1.49. The van der Waals surface area contributed by atoms with Gasteiger partial charge in [-0.05, 0) is 73.8 Å². The summed E-state index contributed by atoms with van der Waals surface area (Å²) in [5.41, 5.74) is 1.48. The van der Waals surface area contributed by atoms with Crippen molar-refractivity contribution in [2.24, 2.45) is 0 Å². The quantitative estimate of drug-likeness (QED) is 0.300. The molecule has 0 aromatic heterocycles. The summed E-state index contributed by atoms with van der Waals surface area (Å²) in [6, 6.07) is 18.5. The molecule has 3 amide bonds. The van der Waals surface area contributed by atoms with Crippen LogP contribution in [-0.2, 0) is 0 Å². The number of amides is 3. The van der Waals surface area contributed by atoms with Gasteiger partial charge in [0.2, 0.25) is 0 Å². The van der Waals surface area contributed by atoms with E-state index in [1.807, 2.05) is 0 Å². The van der Waals surface area contributed by atoms with Crippen molar-refractivity contribution in [2.75, 3.05) is 43.9 Å². The van der Waals surface area contributed by atoms with E-state index in [-0.39, 0.29) is 5.91 Å². The minimum atomic E-state index is -0.431. The van der Waals surface area contributed by atoms with Crippen LogP contribution in [0, 0.1) is 0 Å². The highest BCUT2D eigenvalue weighted by Gasteiger charge is 2.14. The Kier molecular flexibility index (Phi) is 9.97. The Labute approximate surface area is 216 Å². The lowest BCUT2D eigenvalue weighted by Gasteiger charge is -2.18. The molecule has 3 aromatic rings. The van der Waals surface area contributed by atoms with Gasteiger partial charge in [-0.25, -0.2) is 4.79 Å². The second kappa shape index (κ2) is 13.4. The molecule has 0 aliphatic rings. The molecule has 3 rings (SSSR count). The molecule has 0 heterocycles. The third kappa shape index (κ3) is 7.90. The molecule has 0 aliphatic heterocycles. The fraction of sp³-hybridized carbons (Fsp3) is 0.259. The van der Waals surface area contributed by atoms with Crippen LogP contribution in [0.3, 0.4) is 0 Å². The van der Waals surface area contributed by atoms with Crippen LogP contribution in [-0.4, -0.2) is 50.1 Å². The van der Waals surface area contributed by atoms with E-state index < -0.39 is 6.03 Å². The molecule has 0 saturated carbocycles. The SMILES string of the molecule is CCN(CC)CCNC(=O)c1ccc(NC(=O)Nc2ccc(Oc3ccc(Cl)cc3)cc2)cc1OC. The number of nitrogens with one attached hydrogen (secondary N) is 3. The normalized spacial score (nSPS) is 10.6. The van der Waals surface area contributed by atoms with Crippen LogP contribution >= 0.6 is 11.6 Å². The highest BCUT2D eigenvalue weighted by atomic mass is 35.5. The number of likely N-dealkylation sites (N-methyl/N-ethyl adjacent to an activating group) is 1. The average molecular weight is 511 g/mol. The predicted molar refractivity (Wildman–Crippen MR) is 144 cm³/mol. The van der Waals surface area contributed by atoms with Gasteiger partial charge in [0, 0.05) is 35.6 Å². The topological polar surface area (TPSA) is 91.9 Å². The molecule has 0 fully saturated rings. The average Bonchev–Trinajstić information content (AvgIpc) is 2.89. The van der Waals surface area contributed by atoms with E-state index in [9.17, 15) is 9.59 Å². The molecule has 3 aromatic carbocycles. The summed E-state index contributed by atoms with van der Waals surface area (Å²) < 4.78 is 11.1. The van der Waals surface area contributed by atoms with E-state index in [4.69, 9.17) is 21.1 Å². The maximum absolute atomic E-state index is 12.6. The van der Waals surface area contributed by atoms with Crippen molar-refractivity contribution in [1.82, 2.24) is 10.2 Å². The predicted octanol–water partition coefficient (Wildman–Crippen LogP) is 5.86. The van der Waals surface area contributed by atoms with Crippen LogP contribution in [0.25, 0.3) is 0 Å². The number of carbonyl (C=O) groups excluding carboxylic acids is 2. The number of benzene rings is 3. The van der Waals surface area contributed by atoms with E-state index in [0.29, 0.717) is 45.8 Å². The smallest absolute Gasteiger partial charge is 0.323 e. The lowest BCUT2D eigenvalue weighted by molar-refractivity contribution is 0.0946. The van der Waals surface area contributed by atoms with Crippen molar-refractivity contribution in [3.63, 3.8) is 0 Å². The fourth-order valence-corrected chi connectivity index (χ4v) is 3.58. The van der Waals surface area contributed by atoms with Crippen LogP contribution in [0.4, 0.5) is 16.2 Å². The van der Waals surface area contributed by atoms with Crippen molar-refractivity contribution < 1.29 is 19.1 Å². The number of urea groups is 1. The van der Waals surface area contributed by atoms with Gasteiger partial charge >= 0.3 is 6.03 Å². The number of hydrogen-bond acceptors (Lipinski definition) is 5. The Balaban J connectivity index is 1.54. The monoisotopic (exact) mass is 510 g/mol. The van der Waals surface area contributed by atoms with Crippen LogP contribution in [0.15, 0.2) is 66.7 Å². The first-order chi connectivity index (χ1) is 17.4. The van der Waals surface area contributed by atoms with Crippen LogP contribution in [0.2, 0.25) is 5.02 Å². The Morgan fingerprint density at radius 1 is 0.861 bits per heavy atom.